The molecule has 1 heterocycles. The first-order valence-corrected chi connectivity index (χ1v) is 5.83. The van der Waals surface area contributed by atoms with Crippen LogP contribution in [0.15, 0.2) is 0 Å². The first kappa shape index (κ1) is 12.5. The van der Waals surface area contributed by atoms with Crippen LogP contribution in [0.2, 0.25) is 0 Å². The third-order valence-corrected chi connectivity index (χ3v) is 3.82. The Labute approximate surface area is 93.4 Å². The smallest absolute Gasteiger partial charge is 0.0501 e. The van der Waals surface area contributed by atoms with Crippen molar-refractivity contribution in [1.29, 1.82) is 0 Å². The van der Waals surface area contributed by atoms with E-state index in [1.807, 2.05) is 0 Å². The van der Waals surface area contributed by atoms with E-state index in [2.05, 4.69) is 30.1 Å². The second-order valence-electron chi connectivity index (χ2n) is 4.53. The molecule has 0 bridgehead atoms. The Hall–Kier alpha value is -0.560. The fraction of sp³-hybridized carbons (Fsp3) is 0.833. The monoisotopic (exact) mass is 209 g/mol. The molecule has 0 radical (unpaired) electrons. The summed E-state index contributed by atoms with van der Waals surface area (Å²) in [4.78, 5) is 2.52. The van der Waals surface area contributed by atoms with Crippen molar-refractivity contribution in [2.75, 3.05) is 13.1 Å². The van der Waals surface area contributed by atoms with E-state index in [0.29, 0.717) is 6.42 Å². The molecule has 1 fully saturated rings. The van der Waals surface area contributed by atoms with Crippen LogP contribution in [-0.2, 0) is 0 Å². The Morgan fingerprint density at radius 3 is 2.53 bits per heavy atom. The molecule has 0 spiro atoms. The van der Waals surface area contributed by atoms with Crippen LogP contribution in [0.5, 0.6) is 0 Å². The van der Waals surface area contributed by atoms with Gasteiger partial charge in [0.05, 0.1) is 6.04 Å². The predicted molar refractivity (Wildman–Crippen MR) is 64.1 cm³/mol. The molecule has 2 atom stereocenters. The van der Waals surface area contributed by atoms with Crippen LogP contribution >= 0.6 is 0 Å². The summed E-state index contributed by atoms with van der Waals surface area (Å²) in [5.74, 6) is 8.33. The highest BCUT2D eigenvalue weighted by Gasteiger charge is 2.38. The SMILES string of the molecule is C#CCC(NN)C(C)(CC)N1CCCC1. The van der Waals surface area contributed by atoms with Crippen LogP contribution in [0, 0.1) is 12.3 Å². The van der Waals surface area contributed by atoms with Crippen molar-refractivity contribution in [3.05, 3.63) is 0 Å². The Kier molecular flexibility index (Phi) is 4.59. The van der Waals surface area contributed by atoms with Gasteiger partial charge in [0.25, 0.3) is 0 Å². The summed E-state index contributed by atoms with van der Waals surface area (Å²) in [5.41, 5.74) is 2.98. The van der Waals surface area contributed by atoms with E-state index in [1.165, 1.54) is 25.9 Å². The highest BCUT2D eigenvalue weighted by molar-refractivity contribution is 5.02. The van der Waals surface area contributed by atoms with Crippen molar-refractivity contribution in [3.8, 4) is 12.3 Å². The number of likely N-dealkylation sites (tertiary alicyclic amines) is 1. The van der Waals surface area contributed by atoms with E-state index in [9.17, 15) is 0 Å². The summed E-state index contributed by atoms with van der Waals surface area (Å²) in [6, 6.07) is 0.186. The molecule has 0 aliphatic carbocycles. The summed E-state index contributed by atoms with van der Waals surface area (Å²) >= 11 is 0. The zero-order valence-electron chi connectivity index (χ0n) is 9.92. The predicted octanol–water partition coefficient (Wildman–Crippen LogP) is 1.11. The molecule has 0 aromatic carbocycles. The topological polar surface area (TPSA) is 41.3 Å². The standard InChI is InChI=1S/C12H23N3/c1-4-8-11(14-13)12(3,5-2)15-9-6-7-10-15/h1,11,14H,5-10,13H2,2-3H3. The van der Waals surface area contributed by atoms with Crippen molar-refractivity contribution in [1.82, 2.24) is 10.3 Å². The highest BCUT2D eigenvalue weighted by Crippen LogP contribution is 2.28. The largest absolute Gasteiger partial charge is 0.296 e. The molecule has 0 saturated carbocycles. The minimum Gasteiger partial charge on any atom is -0.296 e. The average molecular weight is 209 g/mol. The molecule has 0 aromatic heterocycles. The second-order valence-corrected chi connectivity index (χ2v) is 4.53. The lowest BCUT2D eigenvalue weighted by Crippen LogP contribution is -2.60. The van der Waals surface area contributed by atoms with Crippen molar-refractivity contribution in [2.24, 2.45) is 5.84 Å². The number of rotatable bonds is 5. The van der Waals surface area contributed by atoms with Gasteiger partial charge in [-0.25, -0.2) is 0 Å². The van der Waals surface area contributed by atoms with E-state index in [4.69, 9.17) is 12.3 Å². The summed E-state index contributed by atoms with van der Waals surface area (Å²) in [6.07, 6.45) is 9.74. The van der Waals surface area contributed by atoms with Gasteiger partial charge in [-0.05, 0) is 39.3 Å². The van der Waals surface area contributed by atoms with Crippen molar-refractivity contribution in [2.45, 2.75) is 51.1 Å². The Balaban J connectivity index is 2.76. The number of hydrogen-bond acceptors (Lipinski definition) is 3. The third kappa shape index (κ3) is 2.52. The first-order chi connectivity index (χ1) is 7.19. The zero-order chi connectivity index (χ0) is 11.3. The van der Waals surface area contributed by atoms with Gasteiger partial charge >= 0.3 is 0 Å². The summed E-state index contributed by atoms with van der Waals surface area (Å²) in [5, 5.41) is 0. The van der Waals surface area contributed by atoms with Gasteiger partial charge in [-0.1, -0.05) is 6.92 Å². The lowest BCUT2D eigenvalue weighted by Gasteiger charge is -2.43. The maximum Gasteiger partial charge on any atom is 0.0501 e. The molecular weight excluding hydrogens is 186 g/mol. The first-order valence-electron chi connectivity index (χ1n) is 5.83. The van der Waals surface area contributed by atoms with Crippen molar-refractivity contribution < 1.29 is 0 Å². The van der Waals surface area contributed by atoms with Crippen LogP contribution in [-0.4, -0.2) is 29.6 Å². The molecule has 2 unspecified atom stereocenters. The van der Waals surface area contributed by atoms with Gasteiger partial charge in [0, 0.05) is 12.0 Å². The molecule has 86 valence electrons. The minimum atomic E-state index is 0.0949. The normalized spacial score (nSPS) is 23.3. The molecule has 3 N–H and O–H groups in total. The van der Waals surface area contributed by atoms with E-state index in [-0.39, 0.29) is 11.6 Å². The van der Waals surface area contributed by atoms with Gasteiger partial charge in [-0.15, -0.1) is 12.3 Å². The second kappa shape index (κ2) is 5.50. The number of nitrogens with zero attached hydrogens (tertiary/aromatic N) is 1. The number of nitrogens with two attached hydrogens (primary N) is 1. The molecule has 1 aliphatic rings. The Morgan fingerprint density at radius 2 is 2.13 bits per heavy atom. The molecular formula is C12H23N3. The van der Waals surface area contributed by atoms with E-state index >= 15 is 0 Å². The van der Waals surface area contributed by atoms with Crippen molar-refractivity contribution >= 4 is 0 Å². The quantitative estimate of drug-likeness (QED) is 0.405. The number of hydrazine groups is 1. The van der Waals surface area contributed by atoms with Crippen LogP contribution in [0.1, 0.15) is 39.5 Å². The van der Waals surface area contributed by atoms with E-state index < -0.39 is 0 Å². The number of terminal acetylenes is 1. The Bertz CT molecular complexity index is 228. The van der Waals surface area contributed by atoms with Gasteiger partial charge in [0.15, 0.2) is 0 Å². The van der Waals surface area contributed by atoms with Gasteiger partial charge in [0.2, 0.25) is 0 Å². The van der Waals surface area contributed by atoms with Crippen LogP contribution in [0.25, 0.3) is 0 Å². The molecule has 3 nitrogen and oxygen atoms in total. The molecule has 15 heavy (non-hydrogen) atoms. The highest BCUT2D eigenvalue weighted by atomic mass is 15.3. The van der Waals surface area contributed by atoms with E-state index in [0.717, 1.165) is 6.42 Å². The molecule has 0 aromatic rings. The third-order valence-electron chi connectivity index (χ3n) is 3.82. The molecule has 1 aliphatic heterocycles. The van der Waals surface area contributed by atoms with Gasteiger partial charge < -0.3 is 0 Å². The molecule has 0 amide bonds. The summed E-state index contributed by atoms with van der Waals surface area (Å²) in [7, 11) is 0. The van der Waals surface area contributed by atoms with Crippen molar-refractivity contribution in [3.63, 3.8) is 0 Å². The molecule has 1 rings (SSSR count). The van der Waals surface area contributed by atoms with Crippen LogP contribution in [0.4, 0.5) is 0 Å². The van der Waals surface area contributed by atoms with Gasteiger partial charge in [-0.3, -0.25) is 16.2 Å². The maximum absolute atomic E-state index is 5.62. The average Bonchev–Trinajstić information content (AvgIpc) is 2.78. The fourth-order valence-electron chi connectivity index (χ4n) is 2.49. The van der Waals surface area contributed by atoms with Crippen LogP contribution < -0.4 is 11.3 Å². The van der Waals surface area contributed by atoms with Crippen LogP contribution in [0.3, 0.4) is 0 Å². The summed E-state index contributed by atoms with van der Waals surface area (Å²) < 4.78 is 0. The maximum atomic E-state index is 5.62. The fourth-order valence-corrected chi connectivity index (χ4v) is 2.49. The van der Waals surface area contributed by atoms with Gasteiger partial charge in [-0.2, -0.15) is 0 Å². The Morgan fingerprint density at radius 1 is 1.53 bits per heavy atom. The molecule has 1 saturated heterocycles. The minimum absolute atomic E-state index is 0.0949. The number of nitrogens with one attached hydrogen (secondary N) is 1. The lowest BCUT2D eigenvalue weighted by atomic mass is 9.86. The number of hydrogen-bond donors (Lipinski definition) is 2. The van der Waals surface area contributed by atoms with E-state index in [1.54, 1.807) is 0 Å². The molecule has 3 heteroatoms. The van der Waals surface area contributed by atoms with Gasteiger partial charge in [0.1, 0.15) is 0 Å². The lowest BCUT2D eigenvalue weighted by molar-refractivity contribution is 0.0860. The summed E-state index contributed by atoms with van der Waals surface area (Å²) in [6.45, 7) is 6.82. The zero-order valence-corrected chi connectivity index (χ0v) is 9.92.